The van der Waals surface area contributed by atoms with Gasteiger partial charge in [-0.05, 0) is 72.2 Å². The molecule has 0 unspecified atom stereocenters. The van der Waals surface area contributed by atoms with Crippen molar-refractivity contribution < 1.29 is 60.0 Å². The zero-order valence-electron chi connectivity index (χ0n) is 30.5. The molecule has 1 amide bonds. The Bertz CT molecular complexity index is 1950. The molecule has 0 aromatic heterocycles. The molecule has 10 nitrogen and oxygen atoms in total. The minimum Gasteiger partial charge on any atom is -0.493 e. The van der Waals surface area contributed by atoms with Gasteiger partial charge in [0.05, 0.1) is 54.6 Å². The van der Waals surface area contributed by atoms with Crippen LogP contribution in [-0.2, 0) is 33.2 Å². The van der Waals surface area contributed by atoms with Crippen LogP contribution in [0.1, 0.15) is 39.0 Å². The van der Waals surface area contributed by atoms with E-state index in [2.05, 4.69) is 9.80 Å². The van der Waals surface area contributed by atoms with Gasteiger partial charge in [-0.3, -0.25) is 19.5 Å². The summed E-state index contributed by atoms with van der Waals surface area (Å²) in [7, 11) is 0. The third-order valence-corrected chi connectivity index (χ3v) is 10.8. The van der Waals surface area contributed by atoms with E-state index < -0.39 is 35.4 Å². The van der Waals surface area contributed by atoms with Crippen LogP contribution in [0.2, 0.25) is 0 Å². The molecule has 3 heterocycles. The number of rotatable bonds is 14. The number of halogens is 6. The van der Waals surface area contributed by atoms with Crippen molar-refractivity contribution in [2.75, 3.05) is 78.9 Å². The molecule has 3 saturated heterocycles. The van der Waals surface area contributed by atoms with Crippen LogP contribution in [0.5, 0.6) is 11.5 Å². The summed E-state index contributed by atoms with van der Waals surface area (Å²) in [6.45, 7) is 6.65. The average Bonchev–Trinajstić information content (AvgIpc) is 3.44. The van der Waals surface area contributed by atoms with E-state index in [4.69, 9.17) is 31.2 Å². The van der Waals surface area contributed by atoms with Gasteiger partial charge in [0, 0.05) is 56.9 Å². The number of carboxylic acids is 1. The number of ether oxygens (including phenoxy) is 4. The monoisotopic (exact) mass is 839 g/mol. The number of carbonyl (C=O) groups excluding carboxylic acids is 1. The van der Waals surface area contributed by atoms with Gasteiger partial charge in [0.2, 0.25) is 0 Å². The second-order valence-electron chi connectivity index (χ2n) is 13.4. The summed E-state index contributed by atoms with van der Waals surface area (Å²) in [4.78, 5) is 31.2. The summed E-state index contributed by atoms with van der Waals surface area (Å²) in [6, 6.07) is 10.3. The van der Waals surface area contributed by atoms with Gasteiger partial charge in [-0.1, -0.05) is 30.0 Å². The second kappa shape index (κ2) is 18.6. The molecule has 6 rings (SSSR count). The van der Waals surface area contributed by atoms with Gasteiger partial charge in [-0.25, -0.2) is 4.79 Å². The molecule has 0 atom stereocenters. The van der Waals surface area contributed by atoms with Gasteiger partial charge in [0.1, 0.15) is 22.4 Å². The van der Waals surface area contributed by atoms with E-state index in [9.17, 15) is 41.0 Å². The molecular weight excluding hydrogens is 801 g/mol. The molecule has 0 aliphatic carbocycles. The maximum Gasteiger partial charge on any atom is 0.416 e. The molecule has 3 aliphatic rings. The number of thiocarbonyl (C=S) groups is 1. The Hall–Kier alpha value is -4.20. The third kappa shape index (κ3) is 11.3. The summed E-state index contributed by atoms with van der Waals surface area (Å²) in [5.41, 5.74) is -2.06. The highest BCUT2D eigenvalue weighted by Crippen LogP contribution is 2.41. The van der Waals surface area contributed by atoms with Crippen molar-refractivity contribution in [3.8, 4) is 22.6 Å². The molecular formula is C39H39F6N3O7S2. The summed E-state index contributed by atoms with van der Waals surface area (Å²) in [5, 5.41) is 9.53. The number of carbonyl (C=O) groups is 2. The summed E-state index contributed by atoms with van der Waals surface area (Å²) in [5.74, 6) is -0.708. The van der Waals surface area contributed by atoms with E-state index in [1.54, 1.807) is 12.1 Å². The first-order valence-electron chi connectivity index (χ1n) is 18.1. The van der Waals surface area contributed by atoms with Crippen molar-refractivity contribution >= 4 is 46.3 Å². The minimum absolute atomic E-state index is 0.0513. The maximum atomic E-state index is 13.7. The number of benzene rings is 3. The first kappa shape index (κ1) is 42.4. The van der Waals surface area contributed by atoms with Gasteiger partial charge in [0.25, 0.3) is 5.91 Å². The van der Waals surface area contributed by atoms with Gasteiger partial charge >= 0.3 is 18.3 Å². The van der Waals surface area contributed by atoms with E-state index in [1.165, 1.54) is 35.2 Å². The predicted octanol–water partition coefficient (Wildman–Crippen LogP) is 7.30. The van der Waals surface area contributed by atoms with E-state index in [0.717, 1.165) is 11.8 Å². The van der Waals surface area contributed by atoms with Crippen LogP contribution in [0.15, 0.2) is 59.5 Å². The molecule has 0 saturated carbocycles. The number of alkyl halides is 6. The number of hydrogen-bond donors (Lipinski definition) is 1. The fraction of sp³-hybridized carbons (Fsp3) is 0.410. The SMILES string of the molecule is O=C(O)c1ccc(OCCCN2C(=O)C(=Cc3cc(-c4cc(C(F)(F)F)cc(C(F)(F)F)c4)ccc3OCCN3CCOCC3)SC2=S)c(CN2CCOCC2)c1. The molecule has 3 aromatic carbocycles. The lowest BCUT2D eigenvalue weighted by molar-refractivity contribution is -0.143. The number of aromatic carboxylic acids is 1. The van der Waals surface area contributed by atoms with Crippen LogP contribution in [0.3, 0.4) is 0 Å². The van der Waals surface area contributed by atoms with Crippen molar-refractivity contribution in [1.82, 2.24) is 14.7 Å². The Morgan fingerprint density at radius 2 is 1.40 bits per heavy atom. The first-order chi connectivity index (χ1) is 27.2. The van der Waals surface area contributed by atoms with Gasteiger partial charge in [-0.15, -0.1) is 0 Å². The Labute approximate surface area is 334 Å². The second-order valence-corrected chi connectivity index (χ2v) is 15.1. The van der Waals surface area contributed by atoms with Crippen molar-refractivity contribution in [3.63, 3.8) is 0 Å². The largest absolute Gasteiger partial charge is 0.493 e. The first-order valence-corrected chi connectivity index (χ1v) is 19.3. The molecule has 57 heavy (non-hydrogen) atoms. The Balaban J connectivity index is 1.19. The smallest absolute Gasteiger partial charge is 0.416 e. The zero-order chi connectivity index (χ0) is 40.7. The average molecular weight is 840 g/mol. The Morgan fingerprint density at radius 3 is 2.04 bits per heavy atom. The topological polar surface area (TPSA) is 101 Å². The van der Waals surface area contributed by atoms with Crippen LogP contribution in [0, 0.1) is 0 Å². The molecule has 18 heteroatoms. The third-order valence-electron chi connectivity index (χ3n) is 9.45. The minimum atomic E-state index is -5.03. The lowest BCUT2D eigenvalue weighted by Gasteiger charge is -2.27. The zero-order valence-corrected chi connectivity index (χ0v) is 32.1. The molecule has 3 aromatic rings. The van der Waals surface area contributed by atoms with Crippen LogP contribution in [-0.4, -0.2) is 115 Å². The summed E-state index contributed by atoms with van der Waals surface area (Å²) >= 11 is 6.54. The van der Waals surface area contributed by atoms with Gasteiger partial charge < -0.3 is 24.1 Å². The van der Waals surface area contributed by atoms with Crippen LogP contribution < -0.4 is 9.47 Å². The van der Waals surface area contributed by atoms with Crippen LogP contribution in [0.4, 0.5) is 26.3 Å². The van der Waals surface area contributed by atoms with Gasteiger partial charge in [0.15, 0.2) is 0 Å². The number of morpholine rings is 2. The maximum absolute atomic E-state index is 13.7. The van der Waals surface area contributed by atoms with E-state index in [1.807, 2.05) is 0 Å². The van der Waals surface area contributed by atoms with E-state index in [0.29, 0.717) is 95.6 Å². The lowest BCUT2D eigenvalue weighted by atomic mass is 9.97. The number of nitrogens with zero attached hydrogens (tertiary/aromatic N) is 3. The number of amides is 1. The molecule has 0 radical (unpaired) electrons. The molecule has 306 valence electrons. The standard InChI is InChI=1S/C39H39F6N3O7S2/c40-38(41,42)30-20-27(21-31(23-30)39(43,44)45)25-2-4-32(55-17-11-46-7-13-52-14-8-46)28(18-25)22-34-35(49)48(37(56)57-34)6-1-12-54-33-5-3-26(36(50)51)19-29(33)24-47-9-15-53-16-10-47/h2-5,18-23H,1,6-17,24H2,(H,50,51). The van der Waals surface area contributed by atoms with E-state index in [-0.39, 0.29) is 63.1 Å². The van der Waals surface area contributed by atoms with Crippen molar-refractivity contribution in [2.45, 2.75) is 25.3 Å². The Kier molecular flexibility index (Phi) is 13.8. The highest BCUT2D eigenvalue weighted by Gasteiger charge is 2.37. The quantitative estimate of drug-likeness (QED) is 0.0767. The van der Waals surface area contributed by atoms with Crippen LogP contribution >= 0.6 is 24.0 Å². The highest BCUT2D eigenvalue weighted by molar-refractivity contribution is 8.26. The Morgan fingerprint density at radius 1 is 0.789 bits per heavy atom. The molecule has 3 fully saturated rings. The van der Waals surface area contributed by atoms with E-state index >= 15 is 0 Å². The van der Waals surface area contributed by atoms with Crippen LogP contribution in [0.25, 0.3) is 17.2 Å². The summed E-state index contributed by atoms with van der Waals surface area (Å²) in [6.07, 6.45) is -8.23. The fourth-order valence-corrected chi connectivity index (χ4v) is 7.72. The lowest BCUT2D eigenvalue weighted by Crippen LogP contribution is -2.38. The van der Waals surface area contributed by atoms with Crippen molar-refractivity contribution in [3.05, 3.63) is 87.3 Å². The van der Waals surface area contributed by atoms with Crippen molar-refractivity contribution in [2.24, 2.45) is 0 Å². The van der Waals surface area contributed by atoms with Gasteiger partial charge in [-0.2, -0.15) is 26.3 Å². The molecule has 0 spiro atoms. The fourth-order valence-electron chi connectivity index (χ4n) is 6.42. The van der Waals surface area contributed by atoms with Crippen molar-refractivity contribution in [1.29, 1.82) is 0 Å². The number of hydrogen-bond acceptors (Lipinski definition) is 10. The normalized spacial score (nSPS) is 18.1. The molecule has 1 N–H and O–H groups in total. The number of thioether (sulfide) groups is 1. The molecule has 0 bridgehead atoms. The predicted molar refractivity (Wildman–Crippen MR) is 204 cm³/mol. The highest BCUT2D eigenvalue weighted by atomic mass is 32.2. The number of carboxylic acid groups (broad SMARTS) is 1. The summed E-state index contributed by atoms with van der Waals surface area (Å²) < 4.78 is 105. The molecule has 3 aliphatic heterocycles.